The molecule has 1 fully saturated rings. The van der Waals surface area contributed by atoms with Crippen LogP contribution in [-0.2, 0) is 11.3 Å². The second-order valence-corrected chi connectivity index (χ2v) is 8.66. The molecule has 32 heavy (non-hydrogen) atoms. The molecule has 2 heterocycles. The van der Waals surface area contributed by atoms with Crippen LogP contribution in [0.2, 0.25) is 10.0 Å². The molecule has 0 saturated carbocycles. The molecular formula is C23H21Cl2N3O4. The maximum atomic E-state index is 12.8. The number of H-pyrrole nitrogens is 1. The number of aromatic amines is 1. The third kappa shape index (κ3) is 4.49. The van der Waals surface area contributed by atoms with Crippen molar-refractivity contribution in [3.63, 3.8) is 0 Å². The molecule has 0 aliphatic carbocycles. The number of piperidine rings is 1. The first-order valence-electron chi connectivity index (χ1n) is 10.3. The van der Waals surface area contributed by atoms with Gasteiger partial charge in [-0.25, -0.2) is 4.68 Å². The van der Waals surface area contributed by atoms with Crippen molar-refractivity contribution in [3.05, 3.63) is 78.8 Å². The Morgan fingerprint density at radius 3 is 2.34 bits per heavy atom. The van der Waals surface area contributed by atoms with Gasteiger partial charge in [0.1, 0.15) is 0 Å². The van der Waals surface area contributed by atoms with Gasteiger partial charge in [0.2, 0.25) is 5.91 Å². The largest absolute Gasteiger partial charge is 0.343 e. The van der Waals surface area contributed by atoms with Gasteiger partial charge >= 0.3 is 0 Å². The Morgan fingerprint density at radius 1 is 0.969 bits per heavy atom. The number of fused-ring (bicyclic) bond motifs is 1. The van der Waals surface area contributed by atoms with Crippen molar-refractivity contribution in [1.82, 2.24) is 14.7 Å². The standard InChI is InChI=1S/C23H21Cl2N3O4/c24-18-6-5-15(13-19(18)25)21(30)14-7-10-27(11-8-14)20(29)9-12-28-23(32)17-4-2-1-3-16(17)22(31)26-28/h1-6,13-14H,7-12H2,(H,26,31). The third-order valence-electron chi connectivity index (χ3n) is 5.86. The van der Waals surface area contributed by atoms with E-state index in [1.807, 2.05) is 0 Å². The molecule has 1 aliphatic rings. The monoisotopic (exact) mass is 473 g/mol. The molecule has 1 aromatic heterocycles. The Labute approximate surface area is 193 Å². The molecule has 0 radical (unpaired) electrons. The minimum absolute atomic E-state index is 0.00374. The topological polar surface area (TPSA) is 92.2 Å². The summed E-state index contributed by atoms with van der Waals surface area (Å²) in [6.07, 6.45) is 1.19. The number of amides is 1. The number of hydrogen-bond acceptors (Lipinski definition) is 4. The Kier molecular flexibility index (Phi) is 6.48. The van der Waals surface area contributed by atoms with Crippen LogP contribution < -0.4 is 11.1 Å². The quantitative estimate of drug-likeness (QED) is 0.573. The van der Waals surface area contributed by atoms with Gasteiger partial charge < -0.3 is 4.90 Å². The summed E-state index contributed by atoms with van der Waals surface area (Å²) in [7, 11) is 0. The number of halogens is 2. The summed E-state index contributed by atoms with van der Waals surface area (Å²) >= 11 is 11.9. The predicted octanol–water partition coefficient (Wildman–Crippen LogP) is 3.51. The fourth-order valence-electron chi connectivity index (χ4n) is 4.05. The van der Waals surface area contributed by atoms with Gasteiger partial charge in [-0.05, 0) is 43.2 Å². The maximum absolute atomic E-state index is 12.8. The summed E-state index contributed by atoms with van der Waals surface area (Å²) in [4.78, 5) is 51.9. The number of hydrogen-bond donors (Lipinski definition) is 1. The molecule has 4 rings (SSSR count). The van der Waals surface area contributed by atoms with Gasteiger partial charge in [0.05, 0.1) is 27.4 Å². The minimum atomic E-state index is -0.366. The van der Waals surface area contributed by atoms with E-state index in [-0.39, 0.29) is 41.7 Å². The molecule has 0 spiro atoms. The lowest BCUT2D eigenvalue weighted by molar-refractivity contribution is -0.132. The molecule has 7 nitrogen and oxygen atoms in total. The van der Waals surface area contributed by atoms with Crippen LogP contribution in [0.4, 0.5) is 0 Å². The Balaban J connectivity index is 1.36. The van der Waals surface area contributed by atoms with Crippen molar-refractivity contribution in [3.8, 4) is 0 Å². The smallest absolute Gasteiger partial charge is 0.273 e. The van der Waals surface area contributed by atoms with E-state index in [1.54, 1.807) is 47.4 Å². The van der Waals surface area contributed by atoms with Gasteiger partial charge in [0.25, 0.3) is 11.1 Å². The highest BCUT2D eigenvalue weighted by atomic mass is 35.5. The molecule has 166 valence electrons. The van der Waals surface area contributed by atoms with Gasteiger partial charge in [-0.15, -0.1) is 0 Å². The zero-order valence-corrected chi connectivity index (χ0v) is 18.7. The number of carbonyl (C=O) groups is 2. The summed E-state index contributed by atoms with van der Waals surface area (Å²) in [5, 5.41) is 3.93. The lowest BCUT2D eigenvalue weighted by Gasteiger charge is -2.31. The van der Waals surface area contributed by atoms with Crippen molar-refractivity contribution < 1.29 is 9.59 Å². The van der Waals surface area contributed by atoms with Gasteiger partial charge in [0.15, 0.2) is 5.78 Å². The molecule has 2 aromatic carbocycles. The van der Waals surface area contributed by atoms with Crippen LogP contribution in [0.3, 0.4) is 0 Å². The molecule has 1 saturated heterocycles. The summed E-state index contributed by atoms with van der Waals surface area (Å²) in [5.74, 6) is -0.307. The lowest BCUT2D eigenvalue weighted by atomic mass is 9.89. The van der Waals surface area contributed by atoms with Gasteiger partial charge in [-0.3, -0.25) is 24.3 Å². The van der Waals surface area contributed by atoms with E-state index in [0.29, 0.717) is 52.3 Å². The normalized spacial score (nSPS) is 14.6. The number of aromatic nitrogens is 2. The zero-order valence-electron chi connectivity index (χ0n) is 17.1. The number of ketones is 1. The van der Waals surface area contributed by atoms with Crippen molar-refractivity contribution in [2.75, 3.05) is 13.1 Å². The Hall–Kier alpha value is -2.90. The first-order chi connectivity index (χ1) is 15.3. The van der Waals surface area contributed by atoms with Crippen molar-refractivity contribution in [2.24, 2.45) is 5.92 Å². The average molecular weight is 474 g/mol. The number of rotatable bonds is 5. The highest BCUT2D eigenvalue weighted by Gasteiger charge is 2.28. The first kappa shape index (κ1) is 22.3. The summed E-state index contributed by atoms with van der Waals surface area (Å²) < 4.78 is 1.18. The van der Waals surface area contributed by atoms with Crippen LogP contribution >= 0.6 is 23.2 Å². The second kappa shape index (κ2) is 9.30. The molecule has 1 aliphatic heterocycles. The number of nitrogens with zero attached hydrogens (tertiary/aromatic N) is 2. The molecule has 1 amide bonds. The Bertz CT molecular complexity index is 1310. The number of benzene rings is 2. The first-order valence-corrected chi connectivity index (χ1v) is 11.1. The molecule has 0 unspecified atom stereocenters. The van der Waals surface area contributed by atoms with E-state index < -0.39 is 0 Å². The summed E-state index contributed by atoms with van der Waals surface area (Å²) in [6, 6.07) is 11.4. The fourth-order valence-corrected chi connectivity index (χ4v) is 4.34. The van der Waals surface area contributed by atoms with E-state index in [2.05, 4.69) is 5.10 Å². The van der Waals surface area contributed by atoms with Gasteiger partial charge in [-0.1, -0.05) is 35.3 Å². The molecule has 1 N–H and O–H groups in total. The molecule has 0 bridgehead atoms. The summed E-state index contributed by atoms with van der Waals surface area (Å²) in [6.45, 7) is 0.999. The molecule has 3 aromatic rings. The van der Waals surface area contributed by atoms with Crippen LogP contribution in [0.25, 0.3) is 10.8 Å². The Morgan fingerprint density at radius 2 is 1.66 bits per heavy atom. The second-order valence-electron chi connectivity index (χ2n) is 7.84. The predicted molar refractivity (Wildman–Crippen MR) is 124 cm³/mol. The van der Waals surface area contributed by atoms with Crippen molar-refractivity contribution >= 4 is 45.7 Å². The van der Waals surface area contributed by atoms with E-state index in [0.717, 1.165) is 0 Å². The van der Waals surface area contributed by atoms with Gasteiger partial charge in [-0.2, -0.15) is 0 Å². The minimum Gasteiger partial charge on any atom is -0.343 e. The SMILES string of the molecule is O=C(c1ccc(Cl)c(Cl)c1)C1CCN(C(=O)CCn2[nH]c(=O)c3ccccc3c2=O)CC1. The highest BCUT2D eigenvalue weighted by molar-refractivity contribution is 6.42. The van der Waals surface area contributed by atoms with E-state index >= 15 is 0 Å². The number of nitrogens with one attached hydrogen (secondary N) is 1. The fraction of sp³-hybridized carbons (Fsp3) is 0.304. The van der Waals surface area contributed by atoms with E-state index in [1.165, 1.54) is 4.68 Å². The van der Waals surface area contributed by atoms with E-state index in [4.69, 9.17) is 23.2 Å². The van der Waals surface area contributed by atoms with Crippen LogP contribution in [0.1, 0.15) is 29.6 Å². The van der Waals surface area contributed by atoms with Crippen molar-refractivity contribution in [2.45, 2.75) is 25.8 Å². The number of carbonyl (C=O) groups excluding carboxylic acids is 2. The van der Waals surface area contributed by atoms with Crippen LogP contribution in [-0.4, -0.2) is 39.5 Å². The molecular weight excluding hydrogens is 453 g/mol. The third-order valence-corrected chi connectivity index (χ3v) is 6.59. The van der Waals surface area contributed by atoms with Crippen molar-refractivity contribution in [1.29, 1.82) is 0 Å². The van der Waals surface area contributed by atoms with E-state index in [9.17, 15) is 19.2 Å². The summed E-state index contributed by atoms with van der Waals surface area (Å²) in [5.41, 5.74) is -0.183. The highest BCUT2D eigenvalue weighted by Crippen LogP contribution is 2.27. The number of aryl methyl sites for hydroxylation is 1. The lowest BCUT2D eigenvalue weighted by Crippen LogP contribution is -2.41. The maximum Gasteiger partial charge on any atom is 0.273 e. The molecule has 0 atom stereocenters. The van der Waals surface area contributed by atoms with Gasteiger partial charge in [0, 0.05) is 31.0 Å². The van der Waals surface area contributed by atoms with Crippen LogP contribution in [0, 0.1) is 5.92 Å². The zero-order chi connectivity index (χ0) is 22.8. The number of Topliss-reactive ketones (excluding diaryl/α,β-unsaturated/α-hetero) is 1. The molecule has 9 heteroatoms. The average Bonchev–Trinajstić information content (AvgIpc) is 2.81. The van der Waals surface area contributed by atoms with Crippen LogP contribution in [0.5, 0.6) is 0 Å². The number of likely N-dealkylation sites (tertiary alicyclic amines) is 1. The van der Waals surface area contributed by atoms with Crippen LogP contribution in [0.15, 0.2) is 52.1 Å².